The van der Waals surface area contributed by atoms with Gasteiger partial charge in [-0.2, -0.15) is 0 Å². The van der Waals surface area contributed by atoms with Crippen molar-refractivity contribution in [3.63, 3.8) is 0 Å². The Bertz CT molecular complexity index is 320. The molecule has 0 bridgehead atoms. The van der Waals surface area contributed by atoms with Crippen molar-refractivity contribution in [2.45, 2.75) is 51.7 Å². The van der Waals surface area contributed by atoms with E-state index in [-0.39, 0.29) is 0 Å². The number of hydrogen-bond acceptors (Lipinski definition) is 2. The Hall–Kier alpha value is -0.860. The quantitative estimate of drug-likeness (QED) is 0.821. The van der Waals surface area contributed by atoms with E-state index in [1.165, 1.54) is 5.56 Å². The third-order valence-electron chi connectivity index (χ3n) is 2.89. The van der Waals surface area contributed by atoms with Gasteiger partial charge < -0.3 is 10.2 Å². The molecule has 0 radical (unpaired) electrons. The molecule has 0 spiro atoms. The number of hydrogen-bond donors (Lipinski definition) is 2. The first kappa shape index (κ1) is 13.2. The Balaban J connectivity index is 2.69. The van der Waals surface area contributed by atoms with E-state index in [9.17, 15) is 10.2 Å². The first-order valence-corrected chi connectivity index (χ1v) is 5.80. The average Bonchev–Trinajstić information content (AvgIpc) is 2.17. The summed E-state index contributed by atoms with van der Waals surface area (Å²) in [5, 5.41) is 19.4. The molecule has 1 rings (SSSR count). The first-order valence-electron chi connectivity index (χ1n) is 5.80. The Kier molecular flexibility index (Phi) is 4.11. The molecule has 1 aromatic rings. The summed E-state index contributed by atoms with van der Waals surface area (Å²) in [4.78, 5) is 0. The van der Waals surface area contributed by atoms with Gasteiger partial charge in [-0.25, -0.2) is 0 Å². The predicted octanol–water partition coefficient (Wildman–Crippen LogP) is 2.48. The molecule has 2 nitrogen and oxygen atoms in total. The molecule has 2 heteroatoms. The lowest BCUT2D eigenvalue weighted by atomic mass is 9.94. The molecule has 1 atom stereocenters. The van der Waals surface area contributed by atoms with Gasteiger partial charge in [-0.15, -0.1) is 0 Å². The van der Waals surface area contributed by atoms with Gasteiger partial charge in [-0.3, -0.25) is 0 Å². The summed E-state index contributed by atoms with van der Waals surface area (Å²) in [6.45, 7) is 7.56. The molecule has 16 heavy (non-hydrogen) atoms. The molecular formula is C14H22O2. The van der Waals surface area contributed by atoms with Crippen LogP contribution >= 0.6 is 0 Å². The van der Waals surface area contributed by atoms with Crippen LogP contribution < -0.4 is 0 Å². The fourth-order valence-corrected chi connectivity index (χ4v) is 1.51. The summed E-state index contributed by atoms with van der Waals surface area (Å²) in [7, 11) is 0. The number of rotatable bonds is 4. The smallest absolute Gasteiger partial charge is 0.0861 e. The molecule has 0 aliphatic carbocycles. The van der Waals surface area contributed by atoms with Crippen molar-refractivity contribution in [3.8, 4) is 0 Å². The van der Waals surface area contributed by atoms with Crippen molar-refractivity contribution in [2.24, 2.45) is 0 Å². The van der Waals surface area contributed by atoms with Crippen molar-refractivity contribution < 1.29 is 10.2 Å². The van der Waals surface area contributed by atoms with E-state index in [1.54, 1.807) is 13.8 Å². The van der Waals surface area contributed by atoms with Crippen LogP contribution in [0.4, 0.5) is 0 Å². The Morgan fingerprint density at radius 2 is 1.62 bits per heavy atom. The first-order chi connectivity index (χ1) is 7.30. The van der Waals surface area contributed by atoms with Crippen molar-refractivity contribution in [1.82, 2.24) is 0 Å². The van der Waals surface area contributed by atoms with Gasteiger partial charge in [0, 0.05) is 6.42 Å². The normalized spacial score (nSPS) is 14.2. The van der Waals surface area contributed by atoms with Crippen molar-refractivity contribution in [2.75, 3.05) is 0 Å². The Morgan fingerprint density at radius 3 is 2.00 bits per heavy atom. The largest absolute Gasteiger partial charge is 0.390 e. The molecule has 0 amide bonds. The van der Waals surface area contributed by atoms with Crippen molar-refractivity contribution in [1.29, 1.82) is 0 Å². The van der Waals surface area contributed by atoms with Gasteiger partial charge in [0.05, 0.1) is 11.7 Å². The van der Waals surface area contributed by atoms with Crippen LogP contribution in [0, 0.1) is 0 Å². The van der Waals surface area contributed by atoms with E-state index in [0.29, 0.717) is 12.3 Å². The molecule has 1 aromatic carbocycles. The molecule has 90 valence electrons. The summed E-state index contributed by atoms with van der Waals surface area (Å²) in [6, 6.07) is 8.20. The second kappa shape index (κ2) is 4.98. The second-order valence-corrected chi connectivity index (χ2v) is 5.27. The van der Waals surface area contributed by atoms with E-state index in [0.717, 1.165) is 5.56 Å². The highest BCUT2D eigenvalue weighted by atomic mass is 16.3. The van der Waals surface area contributed by atoms with Gasteiger partial charge in [-0.1, -0.05) is 38.1 Å². The number of aliphatic hydroxyl groups excluding tert-OH is 1. The second-order valence-electron chi connectivity index (χ2n) is 5.27. The maximum Gasteiger partial charge on any atom is 0.0861 e. The Morgan fingerprint density at radius 1 is 1.12 bits per heavy atom. The van der Waals surface area contributed by atoms with E-state index in [2.05, 4.69) is 26.0 Å². The molecule has 0 aliphatic rings. The zero-order chi connectivity index (χ0) is 12.3. The monoisotopic (exact) mass is 222 g/mol. The lowest BCUT2D eigenvalue weighted by Gasteiger charge is -2.24. The van der Waals surface area contributed by atoms with E-state index >= 15 is 0 Å². The van der Waals surface area contributed by atoms with Gasteiger partial charge in [0.15, 0.2) is 0 Å². The number of aliphatic hydroxyl groups is 2. The minimum atomic E-state index is -1.04. The molecular weight excluding hydrogens is 200 g/mol. The predicted molar refractivity (Wildman–Crippen MR) is 66.5 cm³/mol. The third kappa shape index (κ3) is 3.62. The molecule has 0 aromatic heterocycles. The summed E-state index contributed by atoms with van der Waals surface area (Å²) in [5.41, 5.74) is 1.30. The summed E-state index contributed by atoms with van der Waals surface area (Å²) >= 11 is 0. The Labute approximate surface area is 97.9 Å². The zero-order valence-corrected chi connectivity index (χ0v) is 10.6. The lowest BCUT2D eigenvalue weighted by molar-refractivity contribution is -0.0469. The standard InChI is InChI=1S/C14H22O2/c1-10(2)12-7-5-11(6-8-12)9-13(15)14(3,4)16/h5-8,10,13,15-16H,9H2,1-4H3. The highest BCUT2D eigenvalue weighted by Gasteiger charge is 2.24. The van der Waals surface area contributed by atoms with Crippen LogP contribution in [0.1, 0.15) is 44.7 Å². The topological polar surface area (TPSA) is 40.5 Å². The van der Waals surface area contributed by atoms with Gasteiger partial charge in [0.1, 0.15) is 0 Å². The highest BCUT2D eigenvalue weighted by molar-refractivity contribution is 5.25. The van der Waals surface area contributed by atoms with Crippen molar-refractivity contribution in [3.05, 3.63) is 35.4 Å². The van der Waals surface area contributed by atoms with Gasteiger partial charge in [0.25, 0.3) is 0 Å². The van der Waals surface area contributed by atoms with Crippen LogP contribution in [-0.2, 0) is 6.42 Å². The van der Waals surface area contributed by atoms with Crippen LogP contribution in [0.2, 0.25) is 0 Å². The molecule has 0 fully saturated rings. The molecule has 0 saturated heterocycles. The fraction of sp³-hybridized carbons (Fsp3) is 0.571. The minimum Gasteiger partial charge on any atom is -0.390 e. The van der Waals surface area contributed by atoms with Gasteiger partial charge in [0.2, 0.25) is 0 Å². The van der Waals surface area contributed by atoms with E-state index in [1.807, 2.05) is 12.1 Å². The maximum absolute atomic E-state index is 9.77. The molecule has 0 aliphatic heterocycles. The van der Waals surface area contributed by atoms with Crippen LogP contribution in [0.3, 0.4) is 0 Å². The lowest BCUT2D eigenvalue weighted by Crippen LogP contribution is -2.37. The van der Waals surface area contributed by atoms with Crippen LogP contribution in [0.15, 0.2) is 24.3 Å². The summed E-state index contributed by atoms with van der Waals surface area (Å²) < 4.78 is 0. The SMILES string of the molecule is CC(C)c1ccc(CC(O)C(C)(C)O)cc1. The van der Waals surface area contributed by atoms with Crippen LogP contribution in [0.5, 0.6) is 0 Å². The minimum absolute atomic E-state index is 0.488. The molecule has 1 unspecified atom stereocenters. The molecule has 0 heterocycles. The third-order valence-corrected chi connectivity index (χ3v) is 2.89. The summed E-state index contributed by atoms with van der Waals surface area (Å²) in [6.07, 6.45) is -0.237. The zero-order valence-electron chi connectivity index (χ0n) is 10.6. The van der Waals surface area contributed by atoms with E-state index in [4.69, 9.17) is 0 Å². The maximum atomic E-state index is 9.77. The van der Waals surface area contributed by atoms with Crippen LogP contribution in [-0.4, -0.2) is 21.9 Å². The van der Waals surface area contributed by atoms with Gasteiger partial charge >= 0.3 is 0 Å². The van der Waals surface area contributed by atoms with Crippen LogP contribution in [0.25, 0.3) is 0 Å². The average molecular weight is 222 g/mol. The van der Waals surface area contributed by atoms with Gasteiger partial charge in [-0.05, 0) is 30.9 Å². The van der Waals surface area contributed by atoms with Crippen molar-refractivity contribution >= 4 is 0 Å². The summed E-state index contributed by atoms with van der Waals surface area (Å²) in [5.74, 6) is 0.522. The fourth-order valence-electron chi connectivity index (χ4n) is 1.51. The molecule has 2 N–H and O–H groups in total. The van der Waals surface area contributed by atoms with E-state index < -0.39 is 11.7 Å². The highest BCUT2D eigenvalue weighted by Crippen LogP contribution is 2.18. The number of benzene rings is 1. The molecule has 0 saturated carbocycles.